The second-order valence-corrected chi connectivity index (χ2v) is 5.78. The van der Waals surface area contributed by atoms with Crippen molar-refractivity contribution in [2.24, 2.45) is 0 Å². The van der Waals surface area contributed by atoms with Crippen molar-refractivity contribution in [1.29, 1.82) is 0 Å². The maximum atomic E-state index is 11.7. The van der Waals surface area contributed by atoms with Gasteiger partial charge in [0, 0.05) is 11.8 Å². The van der Waals surface area contributed by atoms with Gasteiger partial charge in [-0.25, -0.2) is 4.79 Å². The van der Waals surface area contributed by atoms with Gasteiger partial charge in [-0.1, -0.05) is 24.3 Å². The lowest BCUT2D eigenvalue weighted by molar-refractivity contribution is 0.246. The molecule has 0 atom stereocenters. The molecule has 0 saturated carbocycles. The van der Waals surface area contributed by atoms with Crippen LogP contribution >= 0.6 is 11.3 Å². The number of amides is 2. The van der Waals surface area contributed by atoms with E-state index >= 15 is 0 Å². The Kier molecular flexibility index (Phi) is 5.36. The molecule has 1 aromatic carbocycles. The van der Waals surface area contributed by atoms with Crippen molar-refractivity contribution < 1.29 is 9.53 Å². The minimum Gasteiger partial charge on any atom is -0.475 e. The maximum absolute atomic E-state index is 11.7. The summed E-state index contributed by atoms with van der Waals surface area (Å²) in [5, 5.41) is 15.6. The van der Waals surface area contributed by atoms with E-state index in [0.717, 1.165) is 16.3 Å². The molecule has 0 radical (unpaired) electrons. The van der Waals surface area contributed by atoms with Gasteiger partial charge in [0.05, 0.1) is 11.4 Å². The average Bonchev–Trinajstić information content (AvgIpc) is 3.15. The van der Waals surface area contributed by atoms with Crippen molar-refractivity contribution in [1.82, 2.24) is 15.5 Å². The molecule has 2 amide bonds. The Bertz CT molecular complexity index is 761. The van der Waals surface area contributed by atoms with Crippen LogP contribution in [0.25, 0.3) is 10.6 Å². The summed E-state index contributed by atoms with van der Waals surface area (Å²) >= 11 is 1.61. The fourth-order valence-electron chi connectivity index (χ4n) is 1.97. The molecule has 0 fully saturated rings. The first-order valence-corrected chi connectivity index (χ1v) is 8.29. The van der Waals surface area contributed by atoms with Crippen molar-refractivity contribution >= 4 is 23.1 Å². The molecule has 2 heterocycles. The summed E-state index contributed by atoms with van der Waals surface area (Å²) in [6, 6.07) is 16.6. The normalized spacial score (nSPS) is 10.2. The number of hydrogen-bond acceptors (Lipinski definition) is 5. The second-order valence-electron chi connectivity index (χ2n) is 4.83. The minimum absolute atomic E-state index is 0.274. The van der Waals surface area contributed by atoms with Crippen LogP contribution in [0.1, 0.15) is 0 Å². The molecule has 2 N–H and O–H groups in total. The van der Waals surface area contributed by atoms with Crippen molar-refractivity contribution in [3.05, 3.63) is 60.0 Å². The maximum Gasteiger partial charge on any atom is 0.319 e. The Hall–Kier alpha value is -2.93. The van der Waals surface area contributed by atoms with E-state index in [-0.39, 0.29) is 6.03 Å². The fraction of sp³-hybridized carbons (Fsp3) is 0.118. The first-order valence-electron chi connectivity index (χ1n) is 7.41. The van der Waals surface area contributed by atoms with E-state index in [0.29, 0.717) is 19.0 Å². The van der Waals surface area contributed by atoms with Gasteiger partial charge in [-0.3, -0.25) is 0 Å². The van der Waals surface area contributed by atoms with E-state index in [2.05, 4.69) is 20.8 Å². The summed E-state index contributed by atoms with van der Waals surface area (Å²) in [4.78, 5) is 12.8. The van der Waals surface area contributed by atoms with Gasteiger partial charge < -0.3 is 15.4 Å². The third kappa shape index (κ3) is 4.53. The lowest BCUT2D eigenvalue weighted by Gasteiger charge is -2.08. The molecule has 0 unspecified atom stereocenters. The highest BCUT2D eigenvalue weighted by molar-refractivity contribution is 7.13. The Morgan fingerprint density at radius 1 is 1.04 bits per heavy atom. The standard InChI is InChI=1S/C17H16N4O2S/c22-17(19-13-5-2-1-3-6-13)18-10-11-23-16-9-8-14(20-21-16)15-7-4-12-24-15/h1-9,12H,10-11H2,(H2,18,19,22). The number of thiophene rings is 1. The fourth-order valence-corrected chi connectivity index (χ4v) is 2.66. The molecule has 0 aliphatic heterocycles. The predicted molar refractivity (Wildman–Crippen MR) is 94.3 cm³/mol. The molecule has 24 heavy (non-hydrogen) atoms. The molecule has 6 nitrogen and oxygen atoms in total. The van der Waals surface area contributed by atoms with E-state index in [4.69, 9.17) is 4.74 Å². The number of carbonyl (C=O) groups is 1. The van der Waals surface area contributed by atoms with Crippen LogP contribution in [0.4, 0.5) is 10.5 Å². The zero-order valence-electron chi connectivity index (χ0n) is 12.8. The van der Waals surface area contributed by atoms with Crippen molar-refractivity contribution in [3.8, 4) is 16.5 Å². The summed E-state index contributed by atoms with van der Waals surface area (Å²) in [7, 11) is 0. The average molecular weight is 340 g/mol. The van der Waals surface area contributed by atoms with Gasteiger partial charge in [-0.2, -0.15) is 0 Å². The number of rotatable bonds is 6. The Morgan fingerprint density at radius 3 is 2.62 bits per heavy atom. The molecule has 122 valence electrons. The number of aromatic nitrogens is 2. The Labute approximate surface area is 143 Å². The number of ether oxygens (including phenoxy) is 1. The smallest absolute Gasteiger partial charge is 0.319 e. The molecular formula is C17H16N4O2S. The Balaban J connectivity index is 1.39. The number of urea groups is 1. The number of carbonyl (C=O) groups excluding carboxylic acids is 1. The van der Waals surface area contributed by atoms with Crippen LogP contribution in [0, 0.1) is 0 Å². The molecule has 2 aromatic heterocycles. The van der Waals surface area contributed by atoms with Gasteiger partial charge in [0.1, 0.15) is 12.3 Å². The lowest BCUT2D eigenvalue weighted by Crippen LogP contribution is -2.32. The van der Waals surface area contributed by atoms with Gasteiger partial charge >= 0.3 is 6.03 Å². The van der Waals surface area contributed by atoms with Crippen LogP contribution in [0.3, 0.4) is 0 Å². The number of para-hydroxylation sites is 1. The summed E-state index contributed by atoms with van der Waals surface area (Å²) in [5.74, 6) is 0.431. The SMILES string of the molecule is O=C(NCCOc1ccc(-c2cccs2)nn1)Nc1ccccc1. The molecule has 0 aliphatic carbocycles. The van der Waals surface area contributed by atoms with Crippen LogP contribution in [0.5, 0.6) is 5.88 Å². The summed E-state index contributed by atoms with van der Waals surface area (Å²) in [6.45, 7) is 0.683. The number of nitrogens with one attached hydrogen (secondary N) is 2. The summed E-state index contributed by atoms with van der Waals surface area (Å²) < 4.78 is 5.47. The molecule has 0 aliphatic rings. The number of benzene rings is 1. The van der Waals surface area contributed by atoms with E-state index in [1.165, 1.54) is 0 Å². The highest BCUT2D eigenvalue weighted by Gasteiger charge is 2.03. The topological polar surface area (TPSA) is 76.1 Å². The number of nitrogens with zero attached hydrogens (tertiary/aromatic N) is 2. The van der Waals surface area contributed by atoms with Crippen LogP contribution < -0.4 is 15.4 Å². The predicted octanol–water partition coefficient (Wildman–Crippen LogP) is 3.41. The summed E-state index contributed by atoms with van der Waals surface area (Å²) in [6.07, 6.45) is 0. The quantitative estimate of drug-likeness (QED) is 0.674. The molecule has 3 aromatic rings. The first-order chi connectivity index (χ1) is 11.8. The lowest BCUT2D eigenvalue weighted by atomic mass is 10.3. The number of hydrogen-bond donors (Lipinski definition) is 2. The van der Waals surface area contributed by atoms with Crippen molar-refractivity contribution in [2.45, 2.75) is 0 Å². The van der Waals surface area contributed by atoms with Crippen molar-refractivity contribution in [3.63, 3.8) is 0 Å². The first kappa shape index (κ1) is 15.9. The van der Waals surface area contributed by atoms with Crippen LogP contribution in [-0.2, 0) is 0 Å². The van der Waals surface area contributed by atoms with E-state index in [9.17, 15) is 4.79 Å². The van der Waals surface area contributed by atoms with Crippen LogP contribution in [0.15, 0.2) is 60.0 Å². The minimum atomic E-state index is -0.274. The molecule has 3 rings (SSSR count). The van der Waals surface area contributed by atoms with Gasteiger partial charge in [0.25, 0.3) is 0 Å². The molecule has 0 bridgehead atoms. The van der Waals surface area contributed by atoms with Gasteiger partial charge in [0.15, 0.2) is 0 Å². The molecule has 0 saturated heterocycles. The molecule has 7 heteroatoms. The molecular weight excluding hydrogens is 324 g/mol. The largest absolute Gasteiger partial charge is 0.475 e. The third-order valence-corrected chi connectivity index (χ3v) is 3.98. The highest BCUT2D eigenvalue weighted by Crippen LogP contribution is 2.22. The van der Waals surface area contributed by atoms with Crippen LogP contribution in [0.2, 0.25) is 0 Å². The summed E-state index contributed by atoms with van der Waals surface area (Å²) in [5.41, 5.74) is 1.56. The highest BCUT2D eigenvalue weighted by atomic mass is 32.1. The van der Waals surface area contributed by atoms with Crippen LogP contribution in [-0.4, -0.2) is 29.4 Å². The monoisotopic (exact) mass is 340 g/mol. The van der Waals surface area contributed by atoms with Gasteiger partial charge in [-0.05, 0) is 29.6 Å². The zero-order valence-corrected chi connectivity index (χ0v) is 13.6. The zero-order chi connectivity index (χ0) is 16.6. The van der Waals surface area contributed by atoms with E-state index < -0.39 is 0 Å². The van der Waals surface area contributed by atoms with Gasteiger partial charge in [0.2, 0.25) is 5.88 Å². The third-order valence-electron chi connectivity index (χ3n) is 3.08. The van der Waals surface area contributed by atoms with E-state index in [1.54, 1.807) is 17.4 Å². The second kappa shape index (κ2) is 8.07. The molecule has 0 spiro atoms. The van der Waals surface area contributed by atoms with E-state index in [1.807, 2.05) is 53.9 Å². The van der Waals surface area contributed by atoms with Gasteiger partial charge in [-0.15, -0.1) is 21.5 Å². The van der Waals surface area contributed by atoms with Crippen molar-refractivity contribution in [2.75, 3.05) is 18.5 Å². The number of anilines is 1. The Morgan fingerprint density at radius 2 is 1.92 bits per heavy atom.